The summed E-state index contributed by atoms with van der Waals surface area (Å²) in [7, 11) is 0. The number of halogens is 1. The van der Waals surface area contributed by atoms with Crippen molar-refractivity contribution in [1.82, 2.24) is 15.2 Å². The lowest BCUT2D eigenvalue weighted by Crippen LogP contribution is -1.87. The summed E-state index contributed by atoms with van der Waals surface area (Å²) in [5, 5.41) is 7.04. The minimum atomic E-state index is 0.428. The van der Waals surface area contributed by atoms with E-state index in [9.17, 15) is 0 Å². The summed E-state index contributed by atoms with van der Waals surface area (Å²) in [5.74, 6) is 0.862. The highest BCUT2D eigenvalue weighted by atomic mass is 35.5. The van der Waals surface area contributed by atoms with E-state index in [1.165, 1.54) is 0 Å². The molecule has 1 aromatic carbocycles. The largest absolute Gasteiger partial charge is 0.436 e. The van der Waals surface area contributed by atoms with Crippen LogP contribution in [0.25, 0.3) is 22.6 Å². The van der Waals surface area contributed by atoms with Crippen LogP contribution in [0.2, 0.25) is 5.02 Å². The van der Waals surface area contributed by atoms with E-state index < -0.39 is 0 Å². The molecule has 2 aromatic heterocycles. The van der Waals surface area contributed by atoms with Crippen LogP contribution in [0, 0.1) is 0 Å². The molecule has 0 spiro atoms. The number of H-pyrrole nitrogens is 1. The SMILES string of the molecule is Nc1[nH]ncc1-c1nc2ccc(Cl)cc2o1. The van der Waals surface area contributed by atoms with Crippen molar-refractivity contribution in [3.8, 4) is 11.5 Å². The molecule has 0 aliphatic carbocycles. The van der Waals surface area contributed by atoms with Gasteiger partial charge in [-0.3, -0.25) is 5.10 Å². The van der Waals surface area contributed by atoms with E-state index in [1.807, 2.05) is 0 Å². The number of hydrogen-bond acceptors (Lipinski definition) is 4. The first-order valence-corrected chi connectivity index (χ1v) is 4.97. The van der Waals surface area contributed by atoms with Crippen LogP contribution in [0.5, 0.6) is 0 Å². The molecule has 0 bridgehead atoms. The van der Waals surface area contributed by atoms with E-state index in [2.05, 4.69) is 15.2 Å². The Morgan fingerprint density at radius 1 is 1.38 bits per heavy atom. The van der Waals surface area contributed by atoms with E-state index in [0.717, 1.165) is 5.52 Å². The van der Waals surface area contributed by atoms with Crippen molar-refractivity contribution in [1.29, 1.82) is 0 Å². The summed E-state index contributed by atoms with van der Waals surface area (Å²) < 4.78 is 5.54. The molecule has 2 heterocycles. The first kappa shape index (κ1) is 9.23. The van der Waals surface area contributed by atoms with Gasteiger partial charge in [-0.15, -0.1) is 0 Å². The third-order valence-electron chi connectivity index (χ3n) is 2.25. The summed E-state index contributed by atoms with van der Waals surface area (Å²) in [4.78, 5) is 4.29. The number of aromatic nitrogens is 3. The van der Waals surface area contributed by atoms with Crippen LogP contribution in [0.3, 0.4) is 0 Å². The van der Waals surface area contributed by atoms with Gasteiger partial charge >= 0.3 is 0 Å². The molecule has 5 nitrogen and oxygen atoms in total. The molecule has 0 radical (unpaired) electrons. The summed E-state index contributed by atoms with van der Waals surface area (Å²) in [5.41, 5.74) is 7.69. The van der Waals surface area contributed by atoms with Gasteiger partial charge in [0.2, 0.25) is 5.89 Å². The first-order valence-electron chi connectivity index (χ1n) is 4.59. The zero-order chi connectivity index (χ0) is 11.1. The Hall–Kier alpha value is -2.01. The summed E-state index contributed by atoms with van der Waals surface area (Å²) in [6, 6.07) is 5.26. The summed E-state index contributed by atoms with van der Waals surface area (Å²) >= 11 is 5.85. The van der Waals surface area contributed by atoms with Crippen LogP contribution < -0.4 is 5.73 Å². The molecule has 3 N–H and O–H groups in total. The number of nitrogens with one attached hydrogen (secondary N) is 1. The van der Waals surface area contributed by atoms with Gasteiger partial charge in [0.1, 0.15) is 11.3 Å². The number of nitrogens with zero attached hydrogens (tertiary/aromatic N) is 2. The standard InChI is InChI=1S/C10H7ClN4O/c11-5-1-2-7-8(3-5)16-10(14-7)6-4-13-15-9(6)12/h1-4H,(H3,12,13,15). The van der Waals surface area contributed by atoms with E-state index in [0.29, 0.717) is 27.9 Å². The summed E-state index contributed by atoms with van der Waals surface area (Å²) in [6.07, 6.45) is 1.57. The van der Waals surface area contributed by atoms with E-state index >= 15 is 0 Å². The number of rotatable bonds is 1. The molecule has 80 valence electrons. The van der Waals surface area contributed by atoms with Gasteiger partial charge in [0.15, 0.2) is 5.58 Å². The Balaban J connectivity index is 2.23. The number of hydrogen-bond donors (Lipinski definition) is 2. The smallest absolute Gasteiger partial charge is 0.232 e. The van der Waals surface area contributed by atoms with Gasteiger partial charge in [0, 0.05) is 11.1 Å². The number of fused-ring (bicyclic) bond motifs is 1. The fourth-order valence-corrected chi connectivity index (χ4v) is 1.64. The normalized spacial score (nSPS) is 11.1. The van der Waals surface area contributed by atoms with Crippen molar-refractivity contribution in [3.63, 3.8) is 0 Å². The lowest BCUT2D eigenvalue weighted by Gasteiger charge is -1.89. The van der Waals surface area contributed by atoms with Crippen LogP contribution in [0.4, 0.5) is 5.82 Å². The Morgan fingerprint density at radius 3 is 3.00 bits per heavy atom. The minimum Gasteiger partial charge on any atom is -0.436 e. The quantitative estimate of drug-likeness (QED) is 0.678. The highest BCUT2D eigenvalue weighted by molar-refractivity contribution is 6.31. The topological polar surface area (TPSA) is 80.7 Å². The van der Waals surface area contributed by atoms with Crippen LogP contribution in [0.1, 0.15) is 0 Å². The van der Waals surface area contributed by atoms with Gasteiger partial charge in [-0.05, 0) is 12.1 Å². The fourth-order valence-electron chi connectivity index (χ4n) is 1.48. The minimum absolute atomic E-state index is 0.428. The van der Waals surface area contributed by atoms with Crippen molar-refractivity contribution >= 4 is 28.5 Å². The number of nitrogens with two attached hydrogens (primary N) is 1. The van der Waals surface area contributed by atoms with E-state index in [1.54, 1.807) is 24.4 Å². The molecule has 16 heavy (non-hydrogen) atoms. The lowest BCUT2D eigenvalue weighted by molar-refractivity contribution is 0.620. The van der Waals surface area contributed by atoms with Crippen molar-refractivity contribution in [2.75, 3.05) is 5.73 Å². The maximum Gasteiger partial charge on any atom is 0.232 e. The van der Waals surface area contributed by atoms with Gasteiger partial charge in [-0.25, -0.2) is 4.98 Å². The molecule has 6 heteroatoms. The van der Waals surface area contributed by atoms with Crippen molar-refractivity contribution < 1.29 is 4.42 Å². The van der Waals surface area contributed by atoms with Crippen LogP contribution in [-0.2, 0) is 0 Å². The number of anilines is 1. The second-order valence-corrected chi connectivity index (χ2v) is 3.76. The molecular formula is C10H7ClN4O. The predicted molar refractivity (Wildman–Crippen MR) is 61.0 cm³/mol. The Bertz CT molecular complexity index is 658. The third kappa shape index (κ3) is 1.33. The molecule has 0 unspecified atom stereocenters. The Labute approximate surface area is 95.2 Å². The molecule has 0 saturated heterocycles. The van der Waals surface area contributed by atoms with E-state index in [4.69, 9.17) is 21.8 Å². The zero-order valence-corrected chi connectivity index (χ0v) is 8.82. The number of aromatic amines is 1. The van der Waals surface area contributed by atoms with Gasteiger partial charge in [-0.2, -0.15) is 5.10 Å². The monoisotopic (exact) mass is 234 g/mol. The first-order chi connectivity index (χ1) is 7.74. The molecule has 0 atom stereocenters. The highest BCUT2D eigenvalue weighted by Crippen LogP contribution is 2.28. The highest BCUT2D eigenvalue weighted by Gasteiger charge is 2.12. The summed E-state index contributed by atoms with van der Waals surface area (Å²) in [6.45, 7) is 0. The average molecular weight is 235 g/mol. The van der Waals surface area contributed by atoms with Crippen molar-refractivity contribution in [2.24, 2.45) is 0 Å². The molecular weight excluding hydrogens is 228 g/mol. The number of oxazole rings is 1. The number of benzene rings is 1. The third-order valence-corrected chi connectivity index (χ3v) is 2.48. The fraction of sp³-hybridized carbons (Fsp3) is 0. The Kier molecular flexibility index (Phi) is 1.87. The second-order valence-electron chi connectivity index (χ2n) is 3.33. The molecule has 3 rings (SSSR count). The number of nitrogen functional groups attached to an aromatic ring is 1. The van der Waals surface area contributed by atoms with Crippen LogP contribution in [-0.4, -0.2) is 15.2 Å². The zero-order valence-electron chi connectivity index (χ0n) is 8.07. The molecule has 3 aromatic rings. The average Bonchev–Trinajstić information content (AvgIpc) is 2.82. The van der Waals surface area contributed by atoms with Gasteiger partial charge < -0.3 is 10.2 Å². The lowest BCUT2D eigenvalue weighted by atomic mass is 10.3. The van der Waals surface area contributed by atoms with Crippen molar-refractivity contribution in [2.45, 2.75) is 0 Å². The van der Waals surface area contributed by atoms with Gasteiger partial charge in [0.25, 0.3) is 0 Å². The van der Waals surface area contributed by atoms with Gasteiger partial charge in [0.05, 0.1) is 11.8 Å². The van der Waals surface area contributed by atoms with Crippen molar-refractivity contribution in [3.05, 3.63) is 29.4 Å². The predicted octanol–water partition coefficient (Wildman–Crippen LogP) is 2.45. The maximum absolute atomic E-state index is 5.85. The van der Waals surface area contributed by atoms with Crippen LogP contribution >= 0.6 is 11.6 Å². The second kappa shape index (κ2) is 3.24. The molecule has 0 aliphatic rings. The molecule has 0 fully saturated rings. The molecule has 0 saturated carbocycles. The molecule has 0 amide bonds. The maximum atomic E-state index is 5.85. The van der Waals surface area contributed by atoms with E-state index in [-0.39, 0.29) is 0 Å². The Morgan fingerprint density at radius 2 is 2.25 bits per heavy atom. The van der Waals surface area contributed by atoms with Crippen LogP contribution in [0.15, 0.2) is 28.8 Å². The van der Waals surface area contributed by atoms with Gasteiger partial charge in [-0.1, -0.05) is 11.6 Å². The molecule has 0 aliphatic heterocycles.